The Balaban J connectivity index is 1.84. The summed E-state index contributed by atoms with van der Waals surface area (Å²) in [6, 6.07) is 7.44. The second-order valence-corrected chi connectivity index (χ2v) is 5.05. The number of nitrogens with one attached hydrogen (secondary N) is 1. The van der Waals surface area contributed by atoms with E-state index in [-0.39, 0.29) is 5.97 Å². The fourth-order valence-corrected chi connectivity index (χ4v) is 2.40. The van der Waals surface area contributed by atoms with Crippen molar-refractivity contribution >= 4 is 17.7 Å². The minimum Gasteiger partial charge on any atom is -0.465 e. The van der Waals surface area contributed by atoms with Gasteiger partial charge in [-0.05, 0) is 31.0 Å². The average molecular weight is 277 g/mol. The Kier molecular flexibility index (Phi) is 4.57. The van der Waals surface area contributed by atoms with E-state index in [0.29, 0.717) is 5.56 Å². The van der Waals surface area contributed by atoms with Gasteiger partial charge in [0, 0.05) is 5.75 Å². The molecule has 0 amide bonds. The van der Waals surface area contributed by atoms with Crippen LogP contribution in [0.4, 0.5) is 0 Å². The smallest absolute Gasteiger partial charge is 0.337 e. The number of aromatic nitrogens is 3. The van der Waals surface area contributed by atoms with Crippen LogP contribution in [0.25, 0.3) is 0 Å². The molecule has 0 aliphatic carbocycles. The molecule has 0 aliphatic rings. The highest BCUT2D eigenvalue weighted by Crippen LogP contribution is 2.15. The van der Waals surface area contributed by atoms with Crippen molar-refractivity contribution < 1.29 is 9.53 Å². The number of hydrogen-bond donors (Lipinski definition) is 1. The van der Waals surface area contributed by atoms with E-state index < -0.39 is 0 Å². The Bertz CT molecular complexity index is 551. The number of rotatable bonds is 5. The molecule has 0 aliphatic heterocycles. The number of thioether (sulfide) groups is 1. The Morgan fingerprint density at radius 1 is 1.37 bits per heavy atom. The van der Waals surface area contributed by atoms with Crippen LogP contribution in [0.2, 0.25) is 0 Å². The molecular weight excluding hydrogens is 262 g/mol. The van der Waals surface area contributed by atoms with Gasteiger partial charge in [0.05, 0.1) is 12.7 Å². The first-order chi connectivity index (χ1) is 9.19. The van der Waals surface area contributed by atoms with Gasteiger partial charge in [-0.1, -0.05) is 23.9 Å². The second-order valence-electron chi connectivity index (χ2n) is 3.99. The van der Waals surface area contributed by atoms with Crippen LogP contribution < -0.4 is 0 Å². The summed E-state index contributed by atoms with van der Waals surface area (Å²) in [5.41, 5.74) is 1.75. The van der Waals surface area contributed by atoms with Crippen molar-refractivity contribution in [1.29, 1.82) is 0 Å². The van der Waals surface area contributed by atoms with Crippen molar-refractivity contribution in [3.8, 4) is 0 Å². The highest BCUT2D eigenvalue weighted by atomic mass is 32.2. The predicted octanol–water partition coefficient (Wildman–Crippen LogP) is 2.23. The number of ether oxygens (including phenoxy) is 1. The van der Waals surface area contributed by atoms with Crippen LogP contribution in [0.15, 0.2) is 29.4 Å². The van der Waals surface area contributed by atoms with E-state index in [4.69, 9.17) is 0 Å². The van der Waals surface area contributed by atoms with Crippen molar-refractivity contribution in [2.75, 3.05) is 12.9 Å². The zero-order valence-corrected chi connectivity index (χ0v) is 11.7. The number of aromatic amines is 1. The van der Waals surface area contributed by atoms with E-state index in [1.165, 1.54) is 12.7 Å². The summed E-state index contributed by atoms with van der Waals surface area (Å²) in [7, 11) is 1.38. The number of H-pyrrole nitrogens is 1. The molecule has 0 saturated carbocycles. The van der Waals surface area contributed by atoms with E-state index in [2.05, 4.69) is 19.9 Å². The van der Waals surface area contributed by atoms with E-state index >= 15 is 0 Å². The van der Waals surface area contributed by atoms with Crippen molar-refractivity contribution in [1.82, 2.24) is 15.2 Å². The van der Waals surface area contributed by atoms with Gasteiger partial charge < -0.3 is 4.74 Å². The third-order valence-electron chi connectivity index (χ3n) is 2.57. The molecule has 1 aromatic carbocycles. The van der Waals surface area contributed by atoms with Crippen LogP contribution in [0, 0.1) is 6.92 Å². The van der Waals surface area contributed by atoms with Gasteiger partial charge >= 0.3 is 5.97 Å². The minimum atomic E-state index is -0.308. The van der Waals surface area contributed by atoms with E-state index in [0.717, 1.165) is 23.2 Å². The van der Waals surface area contributed by atoms with E-state index in [1.54, 1.807) is 23.9 Å². The average Bonchev–Trinajstić information content (AvgIpc) is 2.84. The summed E-state index contributed by atoms with van der Waals surface area (Å²) in [5, 5.41) is 7.64. The molecule has 2 aromatic rings. The topological polar surface area (TPSA) is 67.9 Å². The lowest BCUT2D eigenvalue weighted by molar-refractivity contribution is 0.0600. The number of esters is 1. The maximum Gasteiger partial charge on any atom is 0.337 e. The second kappa shape index (κ2) is 6.38. The number of benzene rings is 1. The molecule has 0 fully saturated rings. The molecule has 0 unspecified atom stereocenters. The summed E-state index contributed by atoms with van der Waals surface area (Å²) < 4.78 is 4.65. The lowest BCUT2D eigenvalue weighted by atomic mass is 10.1. The molecule has 1 N–H and O–H groups in total. The predicted molar refractivity (Wildman–Crippen MR) is 73.3 cm³/mol. The van der Waals surface area contributed by atoms with Crippen LogP contribution in [0.5, 0.6) is 0 Å². The summed E-state index contributed by atoms with van der Waals surface area (Å²) in [6.07, 6.45) is 0.902. The van der Waals surface area contributed by atoms with Gasteiger partial charge in [-0.15, -0.1) is 5.10 Å². The van der Waals surface area contributed by atoms with E-state index in [9.17, 15) is 4.79 Å². The molecule has 0 radical (unpaired) electrons. The monoisotopic (exact) mass is 277 g/mol. The third-order valence-corrected chi connectivity index (χ3v) is 3.42. The Morgan fingerprint density at radius 2 is 2.11 bits per heavy atom. The number of carbonyl (C=O) groups is 1. The van der Waals surface area contributed by atoms with Gasteiger partial charge in [-0.3, -0.25) is 5.10 Å². The molecule has 1 heterocycles. The zero-order chi connectivity index (χ0) is 13.7. The highest BCUT2D eigenvalue weighted by Gasteiger charge is 2.05. The standard InChI is InChI=1S/C13H15N3O2S/c1-9-14-13(16-15-9)19-8-7-10-3-5-11(6-4-10)12(17)18-2/h3-6H,7-8H2,1-2H3,(H,14,15,16). The highest BCUT2D eigenvalue weighted by molar-refractivity contribution is 7.99. The molecule has 6 heteroatoms. The van der Waals surface area contributed by atoms with Crippen LogP contribution >= 0.6 is 11.8 Å². The maximum atomic E-state index is 11.3. The number of nitrogens with zero attached hydrogens (tertiary/aromatic N) is 2. The Hall–Kier alpha value is -1.82. The van der Waals surface area contributed by atoms with Gasteiger partial charge in [0.1, 0.15) is 5.82 Å². The Morgan fingerprint density at radius 3 is 2.68 bits per heavy atom. The van der Waals surface area contributed by atoms with Gasteiger partial charge in [-0.25, -0.2) is 9.78 Å². The van der Waals surface area contributed by atoms with E-state index in [1.807, 2.05) is 19.1 Å². The number of aryl methyl sites for hydroxylation is 2. The fraction of sp³-hybridized carbons (Fsp3) is 0.308. The van der Waals surface area contributed by atoms with Gasteiger partial charge in [0.2, 0.25) is 5.16 Å². The van der Waals surface area contributed by atoms with Gasteiger partial charge in [0.15, 0.2) is 0 Å². The molecule has 1 aromatic heterocycles. The van der Waals surface area contributed by atoms with Crippen molar-refractivity contribution in [3.05, 3.63) is 41.2 Å². The molecule has 0 atom stereocenters. The first kappa shape index (κ1) is 13.6. The first-order valence-corrected chi connectivity index (χ1v) is 6.86. The minimum absolute atomic E-state index is 0.308. The third kappa shape index (κ3) is 3.82. The van der Waals surface area contributed by atoms with Crippen LogP contribution in [0.3, 0.4) is 0 Å². The zero-order valence-electron chi connectivity index (χ0n) is 10.8. The lowest BCUT2D eigenvalue weighted by Crippen LogP contribution is -2.01. The van der Waals surface area contributed by atoms with Crippen LogP contribution in [0.1, 0.15) is 21.7 Å². The number of carbonyl (C=O) groups excluding carboxylic acids is 1. The van der Waals surface area contributed by atoms with Crippen LogP contribution in [-0.4, -0.2) is 34.0 Å². The fourth-order valence-electron chi connectivity index (χ4n) is 1.57. The molecular formula is C13H15N3O2S. The van der Waals surface area contributed by atoms with Crippen molar-refractivity contribution in [2.24, 2.45) is 0 Å². The summed E-state index contributed by atoms with van der Waals surface area (Å²) in [4.78, 5) is 15.5. The normalized spacial score (nSPS) is 10.4. The summed E-state index contributed by atoms with van der Waals surface area (Å²) >= 11 is 1.61. The molecule has 0 bridgehead atoms. The molecule has 5 nitrogen and oxygen atoms in total. The molecule has 2 rings (SSSR count). The van der Waals surface area contributed by atoms with Gasteiger partial charge in [-0.2, -0.15) is 0 Å². The largest absolute Gasteiger partial charge is 0.465 e. The number of methoxy groups -OCH3 is 1. The summed E-state index contributed by atoms with van der Waals surface area (Å²) in [5.74, 6) is 1.41. The van der Waals surface area contributed by atoms with Crippen molar-refractivity contribution in [3.63, 3.8) is 0 Å². The van der Waals surface area contributed by atoms with Gasteiger partial charge in [0.25, 0.3) is 0 Å². The molecule has 0 saturated heterocycles. The Labute approximate surface area is 115 Å². The lowest BCUT2D eigenvalue weighted by Gasteiger charge is -2.02. The first-order valence-electron chi connectivity index (χ1n) is 5.88. The SMILES string of the molecule is COC(=O)c1ccc(CCSc2n[nH]c(C)n2)cc1. The molecule has 19 heavy (non-hydrogen) atoms. The quantitative estimate of drug-likeness (QED) is 0.670. The number of hydrogen-bond acceptors (Lipinski definition) is 5. The molecule has 100 valence electrons. The van der Waals surface area contributed by atoms with Crippen LogP contribution in [-0.2, 0) is 11.2 Å². The van der Waals surface area contributed by atoms with Crippen molar-refractivity contribution in [2.45, 2.75) is 18.5 Å². The summed E-state index contributed by atoms with van der Waals surface area (Å²) in [6.45, 7) is 1.88. The maximum absolute atomic E-state index is 11.3. The molecule has 0 spiro atoms.